The van der Waals surface area contributed by atoms with E-state index in [0.717, 1.165) is 22.4 Å². The molecule has 0 saturated carbocycles. The maximum absolute atomic E-state index is 11.2. The first-order valence-electron chi connectivity index (χ1n) is 9.39. The number of ether oxygens (including phenoxy) is 2. The van der Waals surface area contributed by atoms with Gasteiger partial charge in [-0.25, -0.2) is 9.97 Å². The zero-order valence-electron chi connectivity index (χ0n) is 16.5. The van der Waals surface area contributed by atoms with Crippen molar-refractivity contribution in [3.8, 4) is 11.6 Å². The third-order valence-corrected chi connectivity index (χ3v) is 5.11. The van der Waals surface area contributed by atoms with E-state index in [9.17, 15) is 4.79 Å². The van der Waals surface area contributed by atoms with Gasteiger partial charge >= 0.3 is 5.97 Å². The van der Waals surface area contributed by atoms with Gasteiger partial charge in [0.15, 0.2) is 0 Å². The van der Waals surface area contributed by atoms with Crippen molar-refractivity contribution < 1.29 is 19.4 Å². The number of imidazole rings is 1. The SMILES string of the molecule is Cc1cc(Cl)cnc1Oc1ccc2nc(COC3=CC=CC(C(=O)O)C3)n(C)c2c1. The zero-order chi connectivity index (χ0) is 21.3. The maximum Gasteiger partial charge on any atom is 0.310 e. The van der Waals surface area contributed by atoms with E-state index in [1.165, 1.54) is 0 Å². The summed E-state index contributed by atoms with van der Waals surface area (Å²) in [6.45, 7) is 2.13. The van der Waals surface area contributed by atoms with Gasteiger partial charge in [0.05, 0.1) is 27.7 Å². The summed E-state index contributed by atoms with van der Waals surface area (Å²) in [6.07, 6.45) is 7.04. The highest BCUT2D eigenvalue weighted by atomic mass is 35.5. The van der Waals surface area contributed by atoms with Crippen LogP contribution in [0.25, 0.3) is 11.0 Å². The van der Waals surface area contributed by atoms with Crippen LogP contribution in [0.2, 0.25) is 5.02 Å². The second-order valence-corrected chi connectivity index (χ2v) is 7.51. The molecule has 2 aromatic heterocycles. The lowest BCUT2D eigenvalue weighted by molar-refractivity contribution is -0.140. The van der Waals surface area contributed by atoms with Gasteiger partial charge in [-0.1, -0.05) is 23.8 Å². The number of fused-ring (bicyclic) bond motifs is 1. The summed E-state index contributed by atoms with van der Waals surface area (Å²) in [4.78, 5) is 20.0. The number of hydrogen-bond acceptors (Lipinski definition) is 5. The van der Waals surface area contributed by atoms with E-state index in [1.54, 1.807) is 30.5 Å². The Kier molecular flexibility index (Phi) is 5.46. The van der Waals surface area contributed by atoms with E-state index in [0.29, 0.717) is 28.8 Å². The summed E-state index contributed by atoms with van der Waals surface area (Å²) in [6, 6.07) is 7.40. The van der Waals surface area contributed by atoms with Gasteiger partial charge in [0.2, 0.25) is 5.88 Å². The summed E-state index contributed by atoms with van der Waals surface area (Å²) >= 11 is 5.95. The van der Waals surface area contributed by atoms with E-state index >= 15 is 0 Å². The van der Waals surface area contributed by atoms with Crippen LogP contribution in [0, 0.1) is 12.8 Å². The second kappa shape index (κ2) is 8.20. The van der Waals surface area contributed by atoms with Crippen LogP contribution in [0.15, 0.2) is 54.4 Å². The van der Waals surface area contributed by atoms with Crippen molar-refractivity contribution in [3.05, 3.63) is 70.9 Å². The van der Waals surface area contributed by atoms with Crippen LogP contribution in [0.5, 0.6) is 11.6 Å². The number of carbonyl (C=O) groups is 1. The molecule has 1 aromatic carbocycles. The highest BCUT2D eigenvalue weighted by molar-refractivity contribution is 6.30. The standard InChI is InChI=1S/C22H20ClN3O4/c1-13-8-15(23)11-24-21(13)30-17-6-7-18-19(10-17)26(2)20(25-18)12-29-16-5-3-4-14(9-16)22(27)28/h3-8,10-11,14H,9,12H2,1-2H3,(H,27,28). The number of hydrogen-bond donors (Lipinski definition) is 1. The van der Waals surface area contributed by atoms with Crippen molar-refractivity contribution in [1.82, 2.24) is 14.5 Å². The van der Waals surface area contributed by atoms with Gasteiger partial charge in [0.25, 0.3) is 0 Å². The molecule has 154 valence electrons. The van der Waals surface area contributed by atoms with Gasteiger partial charge in [-0.2, -0.15) is 0 Å². The number of aromatic nitrogens is 3. The van der Waals surface area contributed by atoms with E-state index in [4.69, 9.17) is 26.2 Å². The Labute approximate surface area is 178 Å². The maximum atomic E-state index is 11.2. The highest BCUT2D eigenvalue weighted by Crippen LogP contribution is 2.28. The molecule has 3 aromatic rings. The molecule has 7 nitrogen and oxygen atoms in total. The van der Waals surface area contributed by atoms with Crippen molar-refractivity contribution in [2.75, 3.05) is 0 Å². The van der Waals surface area contributed by atoms with Gasteiger partial charge in [0.1, 0.15) is 18.2 Å². The molecule has 0 aliphatic heterocycles. The lowest BCUT2D eigenvalue weighted by atomic mass is 10.00. The first-order chi connectivity index (χ1) is 14.4. The first-order valence-corrected chi connectivity index (χ1v) is 9.77. The fourth-order valence-corrected chi connectivity index (χ4v) is 3.45. The Morgan fingerprint density at radius 3 is 2.97 bits per heavy atom. The van der Waals surface area contributed by atoms with Crippen LogP contribution in [-0.4, -0.2) is 25.6 Å². The molecular weight excluding hydrogens is 406 g/mol. The minimum absolute atomic E-state index is 0.241. The van der Waals surface area contributed by atoms with Crippen LogP contribution in [0.1, 0.15) is 17.8 Å². The molecule has 1 atom stereocenters. The van der Waals surface area contributed by atoms with Gasteiger partial charge in [-0.15, -0.1) is 0 Å². The number of carboxylic acids is 1. The van der Waals surface area contributed by atoms with Crippen molar-refractivity contribution in [1.29, 1.82) is 0 Å². The number of nitrogens with zero attached hydrogens (tertiary/aromatic N) is 3. The lowest BCUT2D eigenvalue weighted by Crippen LogP contribution is -2.15. The van der Waals surface area contributed by atoms with Crippen molar-refractivity contribution in [2.45, 2.75) is 20.0 Å². The quantitative estimate of drug-likeness (QED) is 0.611. The van der Waals surface area contributed by atoms with Crippen molar-refractivity contribution >= 4 is 28.6 Å². The number of allylic oxidation sites excluding steroid dienone is 3. The van der Waals surface area contributed by atoms with Crippen LogP contribution in [0.4, 0.5) is 0 Å². The number of aliphatic carboxylic acids is 1. The Morgan fingerprint density at radius 1 is 1.37 bits per heavy atom. The summed E-state index contributed by atoms with van der Waals surface area (Å²) in [5, 5.41) is 9.73. The molecule has 0 radical (unpaired) electrons. The van der Waals surface area contributed by atoms with Crippen LogP contribution in [-0.2, 0) is 23.2 Å². The highest BCUT2D eigenvalue weighted by Gasteiger charge is 2.20. The van der Waals surface area contributed by atoms with E-state index in [1.807, 2.05) is 36.7 Å². The summed E-state index contributed by atoms with van der Waals surface area (Å²) in [7, 11) is 1.90. The fourth-order valence-electron chi connectivity index (χ4n) is 3.24. The van der Waals surface area contributed by atoms with Crippen molar-refractivity contribution in [2.24, 2.45) is 13.0 Å². The topological polar surface area (TPSA) is 86.5 Å². The Balaban J connectivity index is 1.51. The van der Waals surface area contributed by atoms with Crippen LogP contribution in [0.3, 0.4) is 0 Å². The third-order valence-electron chi connectivity index (χ3n) is 4.91. The average molecular weight is 426 g/mol. The van der Waals surface area contributed by atoms with Crippen molar-refractivity contribution in [3.63, 3.8) is 0 Å². The largest absolute Gasteiger partial charge is 0.490 e. The molecule has 0 amide bonds. The molecule has 30 heavy (non-hydrogen) atoms. The zero-order valence-corrected chi connectivity index (χ0v) is 17.3. The number of rotatable bonds is 6. The Hall–Kier alpha value is -3.32. The summed E-state index contributed by atoms with van der Waals surface area (Å²) < 4.78 is 13.7. The van der Waals surface area contributed by atoms with Crippen LogP contribution >= 0.6 is 11.6 Å². The van der Waals surface area contributed by atoms with Gasteiger partial charge in [-0.05, 0) is 31.2 Å². The third kappa shape index (κ3) is 4.16. The van der Waals surface area contributed by atoms with E-state index in [-0.39, 0.29) is 6.61 Å². The first kappa shape index (κ1) is 20.0. The smallest absolute Gasteiger partial charge is 0.310 e. The number of benzene rings is 1. The minimum Gasteiger partial charge on any atom is -0.490 e. The number of carboxylic acid groups (broad SMARTS) is 1. The monoisotopic (exact) mass is 425 g/mol. The van der Waals surface area contributed by atoms with Crippen LogP contribution < -0.4 is 4.74 Å². The normalized spacial score (nSPS) is 15.8. The molecule has 4 rings (SSSR count). The Bertz CT molecular complexity index is 1180. The molecule has 8 heteroatoms. The molecular formula is C22H20ClN3O4. The fraction of sp³-hybridized carbons (Fsp3) is 0.227. The molecule has 1 aliphatic carbocycles. The minimum atomic E-state index is -0.860. The molecule has 1 aliphatic rings. The molecule has 1 unspecified atom stereocenters. The number of halogens is 1. The molecule has 2 heterocycles. The van der Waals surface area contributed by atoms with Gasteiger partial charge in [0, 0.05) is 31.3 Å². The molecule has 0 spiro atoms. The predicted molar refractivity (Wildman–Crippen MR) is 113 cm³/mol. The average Bonchev–Trinajstić information content (AvgIpc) is 3.04. The molecule has 0 bridgehead atoms. The number of aryl methyl sites for hydroxylation is 2. The molecule has 0 saturated heterocycles. The lowest BCUT2D eigenvalue weighted by Gasteiger charge is -2.16. The summed E-state index contributed by atoms with van der Waals surface area (Å²) in [5.74, 6) is 1.07. The van der Waals surface area contributed by atoms with E-state index in [2.05, 4.69) is 9.97 Å². The Morgan fingerprint density at radius 2 is 2.20 bits per heavy atom. The van der Waals surface area contributed by atoms with Gasteiger partial charge < -0.3 is 19.1 Å². The summed E-state index contributed by atoms with van der Waals surface area (Å²) in [5.41, 5.74) is 2.54. The predicted octanol–water partition coefficient (Wildman–Crippen LogP) is 4.78. The second-order valence-electron chi connectivity index (χ2n) is 7.07. The molecule has 0 fully saturated rings. The van der Waals surface area contributed by atoms with E-state index < -0.39 is 11.9 Å². The van der Waals surface area contributed by atoms with Gasteiger partial charge in [-0.3, -0.25) is 4.79 Å². The number of pyridine rings is 1. The molecule has 1 N–H and O–H groups in total.